The van der Waals surface area contributed by atoms with Crippen LogP contribution in [0.4, 0.5) is 5.69 Å². The number of rotatable bonds is 7. The molecule has 112 valence electrons. The third kappa shape index (κ3) is 4.87. The number of anilines is 1. The fraction of sp³-hybridized carbons (Fsp3) is 0.333. The number of para-hydroxylation sites is 1. The van der Waals surface area contributed by atoms with Gasteiger partial charge in [-0.3, -0.25) is 0 Å². The largest absolute Gasteiger partial charge is 0.375 e. The molecule has 0 aliphatic heterocycles. The minimum Gasteiger partial charge on any atom is -0.375 e. The monoisotopic (exact) mass is 346 g/mol. The van der Waals surface area contributed by atoms with E-state index < -0.39 is 0 Å². The van der Waals surface area contributed by atoms with Gasteiger partial charge in [0.25, 0.3) is 0 Å². The van der Waals surface area contributed by atoms with Crippen LogP contribution in [0.15, 0.2) is 59.1 Å². The summed E-state index contributed by atoms with van der Waals surface area (Å²) in [5, 5.41) is 3.59. The molecule has 3 heteroatoms. The lowest BCUT2D eigenvalue weighted by molar-refractivity contribution is 0.557. The normalized spacial score (nSPS) is 12.1. The Kier molecular flexibility index (Phi) is 6.27. The molecule has 0 radical (unpaired) electrons. The summed E-state index contributed by atoms with van der Waals surface area (Å²) < 4.78 is 1.17. The molecule has 2 aromatic rings. The Hall–Kier alpha value is -1.32. The Labute approximate surface area is 136 Å². The van der Waals surface area contributed by atoms with Gasteiger partial charge >= 0.3 is 0 Å². The summed E-state index contributed by atoms with van der Waals surface area (Å²) in [5.74, 6) is 0. The van der Waals surface area contributed by atoms with E-state index in [0.717, 1.165) is 19.5 Å². The van der Waals surface area contributed by atoms with Crippen molar-refractivity contribution in [2.24, 2.45) is 0 Å². The van der Waals surface area contributed by atoms with Crippen molar-refractivity contribution >= 4 is 21.6 Å². The molecule has 0 aliphatic rings. The van der Waals surface area contributed by atoms with Crippen molar-refractivity contribution in [3.63, 3.8) is 0 Å². The quantitative estimate of drug-likeness (QED) is 0.735. The second kappa shape index (κ2) is 8.20. The first-order valence-electron chi connectivity index (χ1n) is 7.42. The molecule has 2 rings (SSSR count). The van der Waals surface area contributed by atoms with Gasteiger partial charge in [0.15, 0.2) is 0 Å². The van der Waals surface area contributed by atoms with Gasteiger partial charge in [0.05, 0.1) is 0 Å². The third-order valence-corrected chi connectivity index (χ3v) is 4.41. The van der Waals surface area contributed by atoms with Crippen LogP contribution < -0.4 is 10.2 Å². The zero-order valence-corrected chi connectivity index (χ0v) is 14.3. The predicted octanol–water partition coefficient (Wildman–Crippen LogP) is 4.63. The Morgan fingerprint density at radius 1 is 1.05 bits per heavy atom. The van der Waals surface area contributed by atoms with Gasteiger partial charge < -0.3 is 10.2 Å². The SMILES string of the molecule is CC(NCCCN(C)c1ccccc1)c1ccccc1Br. The van der Waals surface area contributed by atoms with Crippen LogP contribution in [-0.2, 0) is 0 Å². The van der Waals surface area contributed by atoms with Crippen molar-refractivity contribution in [1.29, 1.82) is 0 Å². The zero-order chi connectivity index (χ0) is 15.1. The highest BCUT2D eigenvalue weighted by Crippen LogP contribution is 2.22. The van der Waals surface area contributed by atoms with Gasteiger partial charge in [-0.25, -0.2) is 0 Å². The van der Waals surface area contributed by atoms with Crippen LogP contribution in [0.2, 0.25) is 0 Å². The minimum absolute atomic E-state index is 0.364. The molecule has 0 saturated heterocycles. The molecular formula is C18H23BrN2. The van der Waals surface area contributed by atoms with Crippen LogP contribution in [0.1, 0.15) is 24.9 Å². The molecule has 0 saturated carbocycles. The van der Waals surface area contributed by atoms with E-state index in [4.69, 9.17) is 0 Å². The van der Waals surface area contributed by atoms with Gasteiger partial charge in [0.1, 0.15) is 0 Å². The topological polar surface area (TPSA) is 15.3 Å². The van der Waals surface area contributed by atoms with Gasteiger partial charge in [-0.2, -0.15) is 0 Å². The van der Waals surface area contributed by atoms with E-state index in [0.29, 0.717) is 6.04 Å². The van der Waals surface area contributed by atoms with E-state index in [-0.39, 0.29) is 0 Å². The standard InChI is InChI=1S/C18H23BrN2/c1-15(17-11-6-7-12-18(17)19)20-13-8-14-21(2)16-9-4-3-5-10-16/h3-7,9-12,15,20H,8,13-14H2,1-2H3. The van der Waals surface area contributed by atoms with Crippen LogP contribution >= 0.6 is 15.9 Å². The highest BCUT2D eigenvalue weighted by atomic mass is 79.9. The molecule has 1 unspecified atom stereocenters. The molecule has 0 heterocycles. The van der Waals surface area contributed by atoms with E-state index in [1.807, 2.05) is 0 Å². The van der Waals surface area contributed by atoms with Crippen LogP contribution in [-0.4, -0.2) is 20.1 Å². The highest BCUT2D eigenvalue weighted by molar-refractivity contribution is 9.10. The van der Waals surface area contributed by atoms with Gasteiger partial charge in [-0.15, -0.1) is 0 Å². The van der Waals surface area contributed by atoms with Crippen molar-refractivity contribution in [3.05, 3.63) is 64.6 Å². The maximum atomic E-state index is 3.61. The Morgan fingerprint density at radius 2 is 1.71 bits per heavy atom. The molecule has 0 spiro atoms. The van der Waals surface area contributed by atoms with E-state index in [9.17, 15) is 0 Å². The maximum absolute atomic E-state index is 3.61. The molecule has 1 N–H and O–H groups in total. The van der Waals surface area contributed by atoms with Crippen LogP contribution in [0.5, 0.6) is 0 Å². The Balaban J connectivity index is 1.74. The van der Waals surface area contributed by atoms with Gasteiger partial charge in [-0.1, -0.05) is 52.3 Å². The van der Waals surface area contributed by atoms with Crippen LogP contribution in [0.25, 0.3) is 0 Å². The first-order chi connectivity index (χ1) is 10.2. The number of hydrogen-bond acceptors (Lipinski definition) is 2. The lowest BCUT2D eigenvalue weighted by Gasteiger charge is -2.20. The van der Waals surface area contributed by atoms with E-state index in [1.165, 1.54) is 15.7 Å². The van der Waals surface area contributed by atoms with E-state index in [2.05, 4.69) is 94.7 Å². The second-order valence-electron chi connectivity index (χ2n) is 5.31. The van der Waals surface area contributed by atoms with Crippen molar-refractivity contribution in [2.75, 3.05) is 25.0 Å². The first kappa shape index (κ1) is 16.1. The number of halogens is 1. The molecule has 0 amide bonds. The molecule has 0 fully saturated rings. The first-order valence-corrected chi connectivity index (χ1v) is 8.22. The number of hydrogen-bond donors (Lipinski definition) is 1. The van der Waals surface area contributed by atoms with Gasteiger partial charge in [0, 0.05) is 29.8 Å². The summed E-state index contributed by atoms with van der Waals surface area (Å²) in [7, 11) is 2.15. The Bertz CT molecular complexity index is 542. The lowest BCUT2D eigenvalue weighted by Crippen LogP contribution is -2.25. The molecule has 0 aromatic heterocycles. The molecule has 2 aromatic carbocycles. The molecule has 0 aliphatic carbocycles. The molecule has 0 bridgehead atoms. The lowest BCUT2D eigenvalue weighted by atomic mass is 10.1. The number of benzene rings is 2. The molecule has 2 nitrogen and oxygen atoms in total. The van der Waals surface area contributed by atoms with E-state index in [1.54, 1.807) is 0 Å². The summed E-state index contributed by atoms with van der Waals surface area (Å²) in [5.41, 5.74) is 2.59. The van der Waals surface area contributed by atoms with Crippen molar-refractivity contribution in [3.8, 4) is 0 Å². The molecule has 21 heavy (non-hydrogen) atoms. The summed E-state index contributed by atoms with van der Waals surface area (Å²) in [6.45, 7) is 4.28. The van der Waals surface area contributed by atoms with Crippen molar-refractivity contribution < 1.29 is 0 Å². The summed E-state index contributed by atoms with van der Waals surface area (Å²) in [6, 6.07) is 19.3. The zero-order valence-electron chi connectivity index (χ0n) is 12.7. The van der Waals surface area contributed by atoms with Crippen LogP contribution in [0.3, 0.4) is 0 Å². The van der Waals surface area contributed by atoms with Crippen LogP contribution in [0, 0.1) is 0 Å². The fourth-order valence-corrected chi connectivity index (χ4v) is 3.01. The second-order valence-corrected chi connectivity index (χ2v) is 6.16. The van der Waals surface area contributed by atoms with Gasteiger partial charge in [-0.05, 0) is 43.7 Å². The van der Waals surface area contributed by atoms with E-state index >= 15 is 0 Å². The predicted molar refractivity (Wildman–Crippen MR) is 94.9 cm³/mol. The third-order valence-electron chi connectivity index (χ3n) is 3.69. The smallest absolute Gasteiger partial charge is 0.0363 e. The molecular weight excluding hydrogens is 324 g/mol. The summed E-state index contributed by atoms with van der Waals surface area (Å²) in [4.78, 5) is 2.30. The van der Waals surface area contributed by atoms with Crippen molar-refractivity contribution in [1.82, 2.24) is 5.32 Å². The number of nitrogens with zero attached hydrogens (tertiary/aromatic N) is 1. The molecule has 1 atom stereocenters. The average molecular weight is 347 g/mol. The Morgan fingerprint density at radius 3 is 2.43 bits per heavy atom. The van der Waals surface area contributed by atoms with Crippen molar-refractivity contribution in [2.45, 2.75) is 19.4 Å². The maximum Gasteiger partial charge on any atom is 0.0363 e. The summed E-state index contributed by atoms with van der Waals surface area (Å²) >= 11 is 3.61. The average Bonchev–Trinajstić information content (AvgIpc) is 2.52. The minimum atomic E-state index is 0.364. The fourth-order valence-electron chi connectivity index (χ4n) is 2.38. The number of nitrogens with one attached hydrogen (secondary N) is 1. The highest BCUT2D eigenvalue weighted by Gasteiger charge is 2.07. The summed E-state index contributed by atoms with van der Waals surface area (Å²) in [6.07, 6.45) is 1.13. The van der Waals surface area contributed by atoms with Gasteiger partial charge in [0.2, 0.25) is 0 Å².